The van der Waals surface area contributed by atoms with Gasteiger partial charge in [0, 0.05) is 49.7 Å². The van der Waals surface area contributed by atoms with Gasteiger partial charge in [-0.15, -0.1) is 0 Å². The van der Waals surface area contributed by atoms with Gasteiger partial charge in [-0.25, -0.2) is 14.4 Å². The molecule has 11 heteroatoms. The monoisotopic (exact) mass is 513 g/mol. The van der Waals surface area contributed by atoms with Gasteiger partial charge in [0.05, 0.1) is 24.1 Å². The standard InChI is InChI=1S/C26H32FN5O5/c1-26(2,15-36-4)14-28-22(33)13-23(34)31-17-5-7-18(8-6-17)32-25-24-20(27)11-19(37-10-9-35-3)12-21(24)29-16-30-25/h5-8,11-12,16H,9-10,13-15H2,1-4H3,(H,28,33)(H,31,34)(H,29,30,32). The number of rotatable bonds is 13. The Bertz CT molecular complexity index is 1220. The van der Waals surface area contributed by atoms with E-state index in [1.165, 1.54) is 12.4 Å². The lowest BCUT2D eigenvalue weighted by Gasteiger charge is -2.23. The number of hydrogen-bond donors (Lipinski definition) is 3. The van der Waals surface area contributed by atoms with E-state index < -0.39 is 11.7 Å². The van der Waals surface area contributed by atoms with Crippen LogP contribution in [0.4, 0.5) is 21.6 Å². The van der Waals surface area contributed by atoms with Gasteiger partial charge in [-0.1, -0.05) is 13.8 Å². The molecular weight excluding hydrogens is 481 g/mol. The van der Waals surface area contributed by atoms with E-state index >= 15 is 0 Å². The summed E-state index contributed by atoms with van der Waals surface area (Å²) in [5.74, 6) is -0.698. The van der Waals surface area contributed by atoms with Gasteiger partial charge < -0.3 is 30.2 Å². The number of halogens is 1. The molecule has 0 spiro atoms. The lowest BCUT2D eigenvalue weighted by Crippen LogP contribution is -2.37. The Morgan fingerprint density at radius 3 is 2.41 bits per heavy atom. The van der Waals surface area contributed by atoms with Crippen molar-refractivity contribution in [2.24, 2.45) is 5.41 Å². The molecule has 0 aliphatic carbocycles. The number of ether oxygens (including phenoxy) is 3. The zero-order valence-electron chi connectivity index (χ0n) is 21.4. The summed E-state index contributed by atoms with van der Waals surface area (Å²) >= 11 is 0. The molecule has 0 fully saturated rings. The molecule has 198 valence electrons. The van der Waals surface area contributed by atoms with Crippen molar-refractivity contribution in [1.29, 1.82) is 0 Å². The summed E-state index contributed by atoms with van der Waals surface area (Å²) in [6.07, 6.45) is 1.03. The number of carbonyl (C=O) groups is 2. The highest BCUT2D eigenvalue weighted by Gasteiger charge is 2.19. The second kappa shape index (κ2) is 12.9. The van der Waals surface area contributed by atoms with Gasteiger partial charge in [-0.05, 0) is 24.3 Å². The molecule has 0 unspecified atom stereocenters. The summed E-state index contributed by atoms with van der Waals surface area (Å²) in [4.78, 5) is 32.7. The van der Waals surface area contributed by atoms with E-state index in [0.717, 1.165) is 0 Å². The van der Waals surface area contributed by atoms with Gasteiger partial charge in [0.1, 0.15) is 36.7 Å². The maximum absolute atomic E-state index is 14.9. The summed E-state index contributed by atoms with van der Waals surface area (Å²) in [6.45, 7) is 5.47. The zero-order chi connectivity index (χ0) is 26.8. The Kier molecular flexibility index (Phi) is 9.70. The number of nitrogens with one attached hydrogen (secondary N) is 3. The summed E-state index contributed by atoms with van der Waals surface area (Å²) in [5, 5.41) is 8.74. The summed E-state index contributed by atoms with van der Waals surface area (Å²) in [6, 6.07) is 9.66. The van der Waals surface area contributed by atoms with E-state index in [9.17, 15) is 14.0 Å². The topological polar surface area (TPSA) is 124 Å². The highest BCUT2D eigenvalue weighted by atomic mass is 19.1. The normalized spacial score (nSPS) is 11.3. The van der Waals surface area contributed by atoms with Crippen molar-refractivity contribution >= 4 is 39.9 Å². The largest absolute Gasteiger partial charge is 0.491 e. The van der Waals surface area contributed by atoms with E-state index in [1.807, 2.05) is 13.8 Å². The number of hydrogen-bond acceptors (Lipinski definition) is 8. The van der Waals surface area contributed by atoms with E-state index in [4.69, 9.17) is 14.2 Å². The van der Waals surface area contributed by atoms with Crippen LogP contribution in [-0.4, -0.2) is 62.4 Å². The minimum Gasteiger partial charge on any atom is -0.491 e. The third kappa shape index (κ3) is 8.36. The Labute approximate surface area is 214 Å². The minimum absolute atomic E-state index is 0.221. The highest BCUT2D eigenvalue weighted by molar-refractivity contribution is 6.03. The number of aromatic nitrogens is 2. The Morgan fingerprint density at radius 1 is 0.973 bits per heavy atom. The smallest absolute Gasteiger partial charge is 0.233 e. The molecule has 1 heterocycles. The van der Waals surface area contributed by atoms with Crippen LogP contribution in [0.2, 0.25) is 0 Å². The number of methoxy groups -OCH3 is 2. The van der Waals surface area contributed by atoms with Crippen LogP contribution < -0.4 is 20.7 Å². The molecule has 3 N–H and O–H groups in total. The molecule has 0 aliphatic rings. The molecule has 1 aromatic heterocycles. The maximum Gasteiger partial charge on any atom is 0.233 e. The molecule has 2 aromatic carbocycles. The third-order valence-electron chi connectivity index (χ3n) is 5.27. The molecule has 0 aliphatic heterocycles. The number of benzene rings is 2. The van der Waals surface area contributed by atoms with E-state index in [1.54, 1.807) is 44.6 Å². The number of nitrogens with zero attached hydrogens (tertiary/aromatic N) is 2. The Morgan fingerprint density at radius 2 is 1.70 bits per heavy atom. The van der Waals surface area contributed by atoms with Crippen molar-refractivity contribution in [3.05, 3.63) is 48.5 Å². The molecule has 0 saturated heterocycles. The summed E-state index contributed by atoms with van der Waals surface area (Å²) in [7, 11) is 3.16. The number of amides is 2. The van der Waals surface area contributed by atoms with Gasteiger partial charge in [0.15, 0.2) is 0 Å². The van der Waals surface area contributed by atoms with Crippen LogP contribution in [0.1, 0.15) is 20.3 Å². The van der Waals surface area contributed by atoms with Crippen molar-refractivity contribution in [3.63, 3.8) is 0 Å². The molecule has 3 rings (SSSR count). The highest BCUT2D eigenvalue weighted by Crippen LogP contribution is 2.29. The predicted molar refractivity (Wildman–Crippen MR) is 139 cm³/mol. The quantitative estimate of drug-likeness (QED) is 0.234. The van der Waals surface area contributed by atoms with Crippen molar-refractivity contribution in [1.82, 2.24) is 15.3 Å². The van der Waals surface area contributed by atoms with Crippen LogP contribution in [0.15, 0.2) is 42.7 Å². The van der Waals surface area contributed by atoms with Gasteiger partial charge in [0.2, 0.25) is 11.8 Å². The fraction of sp³-hybridized carbons (Fsp3) is 0.385. The molecule has 0 radical (unpaired) electrons. The fourth-order valence-electron chi connectivity index (χ4n) is 3.51. The summed E-state index contributed by atoms with van der Waals surface area (Å²) in [5.41, 5.74) is 1.29. The van der Waals surface area contributed by atoms with Crippen molar-refractivity contribution in [3.8, 4) is 5.75 Å². The molecule has 0 atom stereocenters. The summed E-state index contributed by atoms with van der Waals surface area (Å²) < 4.78 is 30.4. The molecule has 10 nitrogen and oxygen atoms in total. The average molecular weight is 514 g/mol. The fourth-order valence-corrected chi connectivity index (χ4v) is 3.51. The first kappa shape index (κ1) is 27.8. The number of fused-ring (bicyclic) bond motifs is 1. The second-order valence-corrected chi connectivity index (χ2v) is 9.16. The second-order valence-electron chi connectivity index (χ2n) is 9.16. The van der Waals surface area contributed by atoms with Crippen LogP contribution in [0.3, 0.4) is 0 Å². The Balaban J connectivity index is 1.59. The van der Waals surface area contributed by atoms with Crippen molar-refractivity contribution in [2.75, 3.05) is 51.2 Å². The number of anilines is 3. The SMILES string of the molecule is COCCOc1cc(F)c2c(Nc3ccc(NC(=O)CC(=O)NCC(C)(C)COC)cc3)ncnc2c1. The lowest BCUT2D eigenvalue weighted by atomic mass is 9.95. The molecule has 2 amide bonds. The van der Waals surface area contributed by atoms with Crippen LogP contribution in [0.5, 0.6) is 5.75 Å². The van der Waals surface area contributed by atoms with Gasteiger partial charge in [0.25, 0.3) is 0 Å². The van der Waals surface area contributed by atoms with Crippen molar-refractivity contribution in [2.45, 2.75) is 20.3 Å². The number of carbonyl (C=O) groups excluding carboxylic acids is 2. The molecule has 0 saturated carbocycles. The van der Waals surface area contributed by atoms with Crippen LogP contribution in [0.25, 0.3) is 10.9 Å². The molecule has 0 bridgehead atoms. The first-order valence-electron chi connectivity index (χ1n) is 11.7. The van der Waals surface area contributed by atoms with E-state index in [2.05, 4.69) is 25.9 Å². The van der Waals surface area contributed by atoms with Crippen LogP contribution >= 0.6 is 0 Å². The first-order valence-corrected chi connectivity index (χ1v) is 11.7. The first-order chi connectivity index (χ1) is 17.7. The van der Waals surface area contributed by atoms with E-state index in [-0.39, 0.29) is 35.6 Å². The van der Waals surface area contributed by atoms with Gasteiger partial charge in [-0.3, -0.25) is 9.59 Å². The molecule has 3 aromatic rings. The average Bonchev–Trinajstić information content (AvgIpc) is 2.84. The predicted octanol–water partition coefficient (Wildman–Crippen LogP) is 3.66. The zero-order valence-corrected chi connectivity index (χ0v) is 21.4. The maximum atomic E-state index is 14.9. The van der Waals surface area contributed by atoms with Crippen molar-refractivity contribution < 1.29 is 28.2 Å². The van der Waals surface area contributed by atoms with Crippen LogP contribution in [-0.2, 0) is 19.1 Å². The molecular formula is C26H32FN5O5. The van der Waals surface area contributed by atoms with Gasteiger partial charge >= 0.3 is 0 Å². The minimum atomic E-state index is -0.527. The third-order valence-corrected chi connectivity index (χ3v) is 5.27. The van der Waals surface area contributed by atoms with Gasteiger partial charge in [-0.2, -0.15) is 0 Å². The van der Waals surface area contributed by atoms with E-state index in [0.29, 0.717) is 42.4 Å². The lowest BCUT2D eigenvalue weighted by molar-refractivity contribution is -0.127. The van der Waals surface area contributed by atoms with Crippen LogP contribution in [0, 0.1) is 11.2 Å². The molecule has 37 heavy (non-hydrogen) atoms. The Hall–Kier alpha value is -3.83.